The quantitative estimate of drug-likeness (QED) is 0.672. The predicted molar refractivity (Wildman–Crippen MR) is 90.5 cm³/mol. The predicted octanol–water partition coefficient (Wildman–Crippen LogP) is 2.44. The van der Waals surface area contributed by atoms with Gasteiger partial charge in [-0.05, 0) is 45.3 Å². The average molecular weight is 319 g/mol. The maximum atomic E-state index is 11.6. The van der Waals surface area contributed by atoms with E-state index < -0.39 is 9.84 Å². The van der Waals surface area contributed by atoms with Crippen LogP contribution in [0.1, 0.15) is 59.3 Å². The minimum Gasteiger partial charge on any atom is -0.312 e. The minimum atomic E-state index is -2.90. The Morgan fingerprint density at radius 3 is 2.14 bits per heavy atom. The van der Waals surface area contributed by atoms with Crippen LogP contribution >= 0.6 is 0 Å². The average Bonchev–Trinajstić information content (AvgIpc) is 2.89. The van der Waals surface area contributed by atoms with Gasteiger partial charge in [-0.1, -0.05) is 33.6 Å². The monoisotopic (exact) mass is 318 g/mol. The third-order valence-electron chi connectivity index (χ3n) is 4.93. The van der Waals surface area contributed by atoms with Crippen molar-refractivity contribution in [2.75, 3.05) is 31.6 Å². The molecule has 5 heteroatoms. The third-order valence-corrected chi connectivity index (χ3v) is 5.91. The summed E-state index contributed by atoms with van der Waals surface area (Å²) in [5.74, 6) is 0.289. The number of sulfone groups is 1. The third kappa shape index (κ3) is 5.22. The van der Waals surface area contributed by atoms with Gasteiger partial charge in [0.25, 0.3) is 0 Å². The van der Waals surface area contributed by atoms with E-state index >= 15 is 0 Å². The van der Waals surface area contributed by atoms with Crippen molar-refractivity contribution in [1.29, 1.82) is 0 Å². The highest BCUT2D eigenvalue weighted by Gasteiger charge is 2.44. The summed E-state index contributed by atoms with van der Waals surface area (Å²) in [7, 11) is -2.90. The molecule has 0 aromatic rings. The highest BCUT2D eigenvalue weighted by Crippen LogP contribution is 2.39. The standard InChI is InChI=1S/C16H34N2O2S/c1-5-13-17-15(10-14-21(4,19)20)16(11-8-9-12-16)18(6-2)7-3/h15,17H,5-14H2,1-4H3. The van der Waals surface area contributed by atoms with E-state index in [0.29, 0.717) is 0 Å². The van der Waals surface area contributed by atoms with Crippen molar-refractivity contribution in [3.05, 3.63) is 0 Å². The zero-order valence-corrected chi connectivity index (χ0v) is 15.1. The van der Waals surface area contributed by atoms with Crippen molar-refractivity contribution in [2.24, 2.45) is 0 Å². The Kier molecular flexibility index (Phi) is 7.65. The van der Waals surface area contributed by atoms with E-state index in [0.717, 1.165) is 32.5 Å². The van der Waals surface area contributed by atoms with Crippen molar-refractivity contribution in [3.63, 3.8) is 0 Å². The Bertz CT molecular complexity index is 385. The van der Waals surface area contributed by atoms with Crippen LogP contribution in [0, 0.1) is 0 Å². The first-order chi connectivity index (χ1) is 9.89. The summed E-state index contributed by atoms with van der Waals surface area (Å²) in [6.07, 6.45) is 8.08. The van der Waals surface area contributed by atoms with Crippen molar-refractivity contribution in [3.8, 4) is 0 Å². The van der Waals surface area contributed by atoms with E-state index in [-0.39, 0.29) is 17.3 Å². The first-order valence-corrected chi connectivity index (χ1v) is 10.6. The van der Waals surface area contributed by atoms with E-state index in [4.69, 9.17) is 0 Å². The molecule has 21 heavy (non-hydrogen) atoms. The van der Waals surface area contributed by atoms with Crippen LogP contribution in [-0.4, -0.2) is 56.5 Å². The van der Waals surface area contributed by atoms with Gasteiger partial charge in [-0.2, -0.15) is 0 Å². The smallest absolute Gasteiger partial charge is 0.147 e. The van der Waals surface area contributed by atoms with Gasteiger partial charge in [0.1, 0.15) is 9.84 Å². The number of hydrogen-bond donors (Lipinski definition) is 1. The largest absolute Gasteiger partial charge is 0.312 e. The molecule has 0 heterocycles. The van der Waals surface area contributed by atoms with Crippen molar-refractivity contribution < 1.29 is 8.42 Å². The fourth-order valence-electron chi connectivity index (χ4n) is 3.94. The fourth-order valence-corrected chi connectivity index (χ4v) is 4.60. The lowest BCUT2D eigenvalue weighted by atomic mass is 9.84. The topological polar surface area (TPSA) is 49.4 Å². The molecule has 1 rings (SSSR count). The molecule has 0 aromatic heterocycles. The van der Waals surface area contributed by atoms with E-state index in [1.807, 2.05) is 0 Å². The maximum absolute atomic E-state index is 11.6. The van der Waals surface area contributed by atoms with E-state index in [1.165, 1.54) is 31.9 Å². The molecule has 0 aliphatic heterocycles. The highest BCUT2D eigenvalue weighted by molar-refractivity contribution is 7.90. The van der Waals surface area contributed by atoms with Gasteiger partial charge in [0, 0.05) is 17.8 Å². The fraction of sp³-hybridized carbons (Fsp3) is 1.00. The van der Waals surface area contributed by atoms with Gasteiger partial charge >= 0.3 is 0 Å². The Morgan fingerprint density at radius 1 is 1.14 bits per heavy atom. The summed E-state index contributed by atoms with van der Waals surface area (Å²) in [4.78, 5) is 2.57. The lowest BCUT2D eigenvalue weighted by Gasteiger charge is -2.47. The Labute approximate surface area is 131 Å². The molecule has 0 aromatic carbocycles. The molecule has 1 atom stereocenters. The molecule has 0 saturated heterocycles. The number of nitrogens with one attached hydrogen (secondary N) is 1. The number of likely N-dealkylation sites (N-methyl/N-ethyl adjacent to an activating group) is 1. The lowest BCUT2D eigenvalue weighted by molar-refractivity contribution is 0.0617. The van der Waals surface area contributed by atoms with Crippen LogP contribution in [0.2, 0.25) is 0 Å². The van der Waals surface area contributed by atoms with E-state index in [2.05, 4.69) is 31.0 Å². The van der Waals surface area contributed by atoms with Crippen LogP contribution in [0.3, 0.4) is 0 Å². The van der Waals surface area contributed by atoms with Gasteiger partial charge < -0.3 is 5.32 Å². The van der Waals surface area contributed by atoms with Gasteiger partial charge in [0.15, 0.2) is 0 Å². The van der Waals surface area contributed by atoms with Gasteiger partial charge in [0.05, 0.1) is 5.75 Å². The minimum absolute atomic E-state index is 0.156. The van der Waals surface area contributed by atoms with Gasteiger partial charge in [-0.3, -0.25) is 4.90 Å². The lowest BCUT2D eigenvalue weighted by Crippen LogP contribution is -2.60. The van der Waals surface area contributed by atoms with Crippen molar-refractivity contribution >= 4 is 9.84 Å². The molecule has 0 bridgehead atoms. The summed E-state index contributed by atoms with van der Waals surface area (Å²) in [5.41, 5.74) is 0.156. The molecule has 4 nitrogen and oxygen atoms in total. The molecular weight excluding hydrogens is 284 g/mol. The van der Waals surface area contributed by atoms with Gasteiger partial charge in [-0.25, -0.2) is 8.42 Å². The normalized spacial score (nSPS) is 20.0. The molecule has 0 radical (unpaired) electrons. The van der Waals surface area contributed by atoms with Crippen LogP contribution in [0.5, 0.6) is 0 Å². The zero-order chi connectivity index (χ0) is 15.9. The first kappa shape index (κ1) is 18.9. The summed E-state index contributed by atoms with van der Waals surface area (Å²) in [6.45, 7) is 9.66. The second-order valence-electron chi connectivity index (χ2n) is 6.41. The molecule has 0 spiro atoms. The molecule has 126 valence electrons. The summed E-state index contributed by atoms with van der Waals surface area (Å²) in [5, 5.41) is 3.67. The summed E-state index contributed by atoms with van der Waals surface area (Å²) in [6, 6.07) is 0.287. The highest BCUT2D eigenvalue weighted by atomic mass is 32.2. The second-order valence-corrected chi connectivity index (χ2v) is 8.67. The SMILES string of the molecule is CCCNC(CCS(C)(=O)=O)C1(N(CC)CC)CCCC1. The summed E-state index contributed by atoms with van der Waals surface area (Å²) < 4.78 is 23.2. The van der Waals surface area contributed by atoms with E-state index in [9.17, 15) is 8.42 Å². The van der Waals surface area contributed by atoms with Crippen LogP contribution < -0.4 is 5.32 Å². The van der Waals surface area contributed by atoms with Crippen LogP contribution in [0.15, 0.2) is 0 Å². The van der Waals surface area contributed by atoms with Crippen molar-refractivity contribution in [2.45, 2.75) is 70.9 Å². The molecule has 1 fully saturated rings. The molecule has 1 unspecified atom stereocenters. The molecule has 1 aliphatic rings. The second kappa shape index (κ2) is 8.49. The Balaban J connectivity index is 2.94. The molecule has 1 saturated carbocycles. The molecule has 1 aliphatic carbocycles. The number of hydrogen-bond acceptors (Lipinski definition) is 4. The van der Waals surface area contributed by atoms with Crippen LogP contribution in [0.25, 0.3) is 0 Å². The maximum Gasteiger partial charge on any atom is 0.147 e. The number of rotatable bonds is 10. The zero-order valence-electron chi connectivity index (χ0n) is 14.3. The van der Waals surface area contributed by atoms with Crippen molar-refractivity contribution in [1.82, 2.24) is 10.2 Å². The van der Waals surface area contributed by atoms with E-state index in [1.54, 1.807) is 0 Å². The molecular formula is C16H34N2O2S. The summed E-state index contributed by atoms with van der Waals surface area (Å²) >= 11 is 0. The first-order valence-electron chi connectivity index (χ1n) is 8.55. The van der Waals surface area contributed by atoms with Gasteiger partial charge in [-0.15, -0.1) is 0 Å². The molecule has 1 N–H and O–H groups in total. The number of nitrogens with zero attached hydrogens (tertiary/aromatic N) is 1. The molecule has 0 amide bonds. The Hall–Kier alpha value is -0.130. The van der Waals surface area contributed by atoms with Gasteiger partial charge in [0.2, 0.25) is 0 Å². The van der Waals surface area contributed by atoms with Crippen LogP contribution in [0.4, 0.5) is 0 Å². The Morgan fingerprint density at radius 2 is 1.71 bits per heavy atom. The van der Waals surface area contributed by atoms with Crippen LogP contribution in [-0.2, 0) is 9.84 Å².